The fraction of sp³-hybridized carbons (Fsp3) is 0.609. The molecule has 3 heteroatoms. The van der Waals surface area contributed by atoms with Gasteiger partial charge in [-0.15, -0.1) is 0 Å². The first kappa shape index (κ1) is 20.5. The second-order valence-corrected chi connectivity index (χ2v) is 7.65. The zero-order valence-electron chi connectivity index (χ0n) is 16.9. The topological polar surface area (TPSA) is 34.0 Å². The van der Waals surface area contributed by atoms with Crippen LogP contribution in [0.5, 0.6) is 0 Å². The van der Waals surface area contributed by atoms with E-state index in [-0.39, 0.29) is 11.9 Å². The summed E-state index contributed by atoms with van der Waals surface area (Å²) in [5.41, 5.74) is 2.65. The predicted molar refractivity (Wildman–Crippen MR) is 112 cm³/mol. The Bertz CT molecular complexity index is 674. The highest BCUT2D eigenvalue weighted by Crippen LogP contribution is 2.23. The van der Waals surface area contributed by atoms with E-state index in [9.17, 15) is 4.79 Å². The number of rotatable bonds is 12. The third kappa shape index (κ3) is 6.51. The van der Waals surface area contributed by atoms with Crippen molar-refractivity contribution in [2.45, 2.75) is 91.1 Å². The van der Waals surface area contributed by atoms with Crippen LogP contribution in [0.1, 0.15) is 77.7 Å². The Labute approximate surface area is 159 Å². The first-order chi connectivity index (χ1) is 12.6. The highest BCUT2D eigenvalue weighted by Gasteiger charge is 2.11. The van der Waals surface area contributed by atoms with Crippen LogP contribution in [0.2, 0.25) is 0 Å². The molecule has 1 aromatic heterocycles. The second kappa shape index (κ2) is 11.1. The smallest absolute Gasteiger partial charge is 0.217 e. The molecule has 0 aliphatic heterocycles. The van der Waals surface area contributed by atoms with E-state index in [1.54, 1.807) is 6.92 Å². The van der Waals surface area contributed by atoms with Gasteiger partial charge in [0.25, 0.3) is 0 Å². The van der Waals surface area contributed by atoms with Crippen LogP contribution >= 0.6 is 0 Å². The van der Waals surface area contributed by atoms with Crippen LogP contribution in [0.15, 0.2) is 30.5 Å². The number of aromatic nitrogens is 1. The molecule has 144 valence electrons. The summed E-state index contributed by atoms with van der Waals surface area (Å²) in [7, 11) is 0. The molecule has 0 fully saturated rings. The van der Waals surface area contributed by atoms with E-state index in [0.717, 1.165) is 13.0 Å². The van der Waals surface area contributed by atoms with Gasteiger partial charge in [-0.1, -0.05) is 70.1 Å². The van der Waals surface area contributed by atoms with Gasteiger partial charge in [-0.3, -0.25) is 4.79 Å². The van der Waals surface area contributed by atoms with E-state index >= 15 is 0 Å². The number of nitrogens with zero attached hydrogens (tertiary/aromatic N) is 1. The standard InChI is InChI=1S/C23H36N2O/c1-4-5-6-7-8-9-10-13-16-25-18-21(17-19(2)24-20(3)26)22-14-11-12-15-23(22)25/h11-12,14-15,18-19H,4-10,13,16-17H2,1-3H3,(H,24,26). The zero-order valence-corrected chi connectivity index (χ0v) is 16.9. The predicted octanol–water partition coefficient (Wildman–Crippen LogP) is 5.85. The first-order valence-electron chi connectivity index (χ1n) is 10.5. The fourth-order valence-electron chi connectivity index (χ4n) is 3.81. The Balaban J connectivity index is 1.88. The summed E-state index contributed by atoms with van der Waals surface area (Å²) in [6.45, 7) is 7.02. The highest BCUT2D eigenvalue weighted by atomic mass is 16.1. The molecule has 0 aliphatic rings. The van der Waals surface area contributed by atoms with Gasteiger partial charge in [0, 0.05) is 36.6 Å². The molecule has 1 aromatic carbocycles. The maximum Gasteiger partial charge on any atom is 0.217 e. The molecule has 0 aliphatic carbocycles. The Hall–Kier alpha value is -1.77. The summed E-state index contributed by atoms with van der Waals surface area (Å²) in [6.07, 6.45) is 14.0. The number of benzene rings is 1. The van der Waals surface area contributed by atoms with Gasteiger partial charge in [0.05, 0.1) is 0 Å². The van der Waals surface area contributed by atoms with Crippen molar-refractivity contribution in [1.29, 1.82) is 0 Å². The van der Waals surface area contributed by atoms with E-state index < -0.39 is 0 Å². The lowest BCUT2D eigenvalue weighted by Gasteiger charge is -2.11. The van der Waals surface area contributed by atoms with Crippen molar-refractivity contribution >= 4 is 16.8 Å². The van der Waals surface area contributed by atoms with Crippen LogP contribution in [0, 0.1) is 0 Å². The second-order valence-electron chi connectivity index (χ2n) is 7.65. The molecule has 0 spiro atoms. The molecule has 1 unspecified atom stereocenters. The number of fused-ring (bicyclic) bond motifs is 1. The number of carbonyl (C=O) groups is 1. The van der Waals surface area contributed by atoms with Crippen LogP contribution in [-0.2, 0) is 17.8 Å². The number of para-hydroxylation sites is 1. The minimum Gasteiger partial charge on any atom is -0.354 e. The molecule has 0 radical (unpaired) electrons. The molecule has 0 saturated carbocycles. The summed E-state index contributed by atoms with van der Waals surface area (Å²) < 4.78 is 2.40. The number of carbonyl (C=O) groups excluding carboxylic acids is 1. The fourth-order valence-corrected chi connectivity index (χ4v) is 3.81. The van der Waals surface area contributed by atoms with Crippen molar-refractivity contribution in [1.82, 2.24) is 9.88 Å². The minimum atomic E-state index is 0.0418. The highest BCUT2D eigenvalue weighted by molar-refractivity contribution is 5.84. The molecule has 0 saturated heterocycles. The molecule has 1 atom stereocenters. The quantitative estimate of drug-likeness (QED) is 0.476. The van der Waals surface area contributed by atoms with Crippen molar-refractivity contribution < 1.29 is 4.79 Å². The Morgan fingerprint density at radius 2 is 1.69 bits per heavy atom. The van der Waals surface area contributed by atoms with Gasteiger partial charge >= 0.3 is 0 Å². The molecule has 1 N–H and O–H groups in total. The molecular weight excluding hydrogens is 320 g/mol. The van der Waals surface area contributed by atoms with E-state index in [1.165, 1.54) is 67.8 Å². The average molecular weight is 357 g/mol. The lowest BCUT2D eigenvalue weighted by atomic mass is 10.1. The number of amides is 1. The van der Waals surface area contributed by atoms with Crippen molar-refractivity contribution in [3.05, 3.63) is 36.0 Å². The van der Waals surface area contributed by atoms with E-state index in [1.807, 2.05) is 0 Å². The molecule has 1 heterocycles. The summed E-state index contributed by atoms with van der Waals surface area (Å²) in [5.74, 6) is 0.0418. The summed E-state index contributed by atoms with van der Waals surface area (Å²) in [6, 6.07) is 8.81. The van der Waals surface area contributed by atoms with Crippen molar-refractivity contribution in [3.8, 4) is 0 Å². The van der Waals surface area contributed by atoms with E-state index in [0.29, 0.717) is 0 Å². The molecule has 0 bridgehead atoms. The van der Waals surface area contributed by atoms with Gasteiger partial charge in [0.1, 0.15) is 0 Å². The molecule has 2 rings (SSSR count). The van der Waals surface area contributed by atoms with Crippen LogP contribution in [-0.4, -0.2) is 16.5 Å². The SMILES string of the molecule is CCCCCCCCCCn1cc(CC(C)NC(C)=O)c2ccccc21. The van der Waals surface area contributed by atoms with Gasteiger partial charge in [-0.2, -0.15) is 0 Å². The Morgan fingerprint density at radius 3 is 2.38 bits per heavy atom. The summed E-state index contributed by atoms with van der Waals surface area (Å²) >= 11 is 0. The Kier molecular flexibility index (Phi) is 8.73. The van der Waals surface area contributed by atoms with Gasteiger partial charge < -0.3 is 9.88 Å². The number of hydrogen-bond acceptors (Lipinski definition) is 1. The summed E-state index contributed by atoms with van der Waals surface area (Å²) in [4.78, 5) is 11.3. The molecule has 2 aromatic rings. The molecule has 26 heavy (non-hydrogen) atoms. The van der Waals surface area contributed by atoms with Crippen LogP contribution in [0.3, 0.4) is 0 Å². The number of nitrogens with one attached hydrogen (secondary N) is 1. The van der Waals surface area contributed by atoms with Gasteiger partial charge in [-0.25, -0.2) is 0 Å². The third-order valence-electron chi connectivity index (χ3n) is 5.10. The largest absolute Gasteiger partial charge is 0.354 e. The zero-order chi connectivity index (χ0) is 18.8. The first-order valence-corrected chi connectivity index (χ1v) is 10.5. The number of unbranched alkanes of at least 4 members (excludes halogenated alkanes) is 7. The van der Waals surface area contributed by atoms with E-state index in [4.69, 9.17) is 0 Å². The van der Waals surface area contributed by atoms with Crippen molar-refractivity contribution in [3.63, 3.8) is 0 Å². The Morgan fingerprint density at radius 1 is 1.04 bits per heavy atom. The van der Waals surface area contributed by atoms with Gasteiger partial charge in [-0.05, 0) is 31.4 Å². The van der Waals surface area contributed by atoms with Crippen LogP contribution in [0.25, 0.3) is 10.9 Å². The maximum absolute atomic E-state index is 11.3. The number of hydrogen-bond donors (Lipinski definition) is 1. The molecular formula is C23H36N2O. The average Bonchev–Trinajstić information content (AvgIpc) is 2.94. The third-order valence-corrected chi connectivity index (χ3v) is 5.10. The van der Waals surface area contributed by atoms with E-state index in [2.05, 4.69) is 54.2 Å². The van der Waals surface area contributed by atoms with Crippen LogP contribution < -0.4 is 5.32 Å². The lowest BCUT2D eigenvalue weighted by Crippen LogP contribution is -2.31. The summed E-state index contributed by atoms with van der Waals surface area (Å²) in [5, 5.41) is 4.32. The molecule has 3 nitrogen and oxygen atoms in total. The minimum absolute atomic E-state index is 0.0418. The van der Waals surface area contributed by atoms with Gasteiger partial charge in [0.2, 0.25) is 5.91 Å². The molecule has 1 amide bonds. The van der Waals surface area contributed by atoms with Crippen molar-refractivity contribution in [2.75, 3.05) is 0 Å². The lowest BCUT2D eigenvalue weighted by molar-refractivity contribution is -0.119. The van der Waals surface area contributed by atoms with Crippen LogP contribution in [0.4, 0.5) is 0 Å². The van der Waals surface area contributed by atoms with Crippen molar-refractivity contribution in [2.24, 2.45) is 0 Å². The number of aryl methyl sites for hydroxylation is 1. The maximum atomic E-state index is 11.3. The van der Waals surface area contributed by atoms with Gasteiger partial charge in [0.15, 0.2) is 0 Å². The monoisotopic (exact) mass is 356 g/mol. The normalized spacial score (nSPS) is 12.4.